The molecule has 2 aromatic rings. The van der Waals surface area contributed by atoms with Crippen molar-refractivity contribution in [3.05, 3.63) is 48.7 Å². The van der Waals surface area contributed by atoms with Crippen LogP contribution in [-0.4, -0.2) is 41.2 Å². The molecule has 2 bridgehead atoms. The van der Waals surface area contributed by atoms with Crippen LogP contribution in [0.5, 0.6) is 5.75 Å². The fourth-order valence-corrected chi connectivity index (χ4v) is 4.44. The molecule has 0 spiro atoms. The van der Waals surface area contributed by atoms with Gasteiger partial charge >= 0.3 is 0 Å². The van der Waals surface area contributed by atoms with Crippen LogP contribution in [0.1, 0.15) is 24.5 Å². The van der Waals surface area contributed by atoms with Gasteiger partial charge < -0.3 is 9.84 Å². The van der Waals surface area contributed by atoms with Crippen molar-refractivity contribution >= 4 is 34.9 Å². The zero-order valence-corrected chi connectivity index (χ0v) is 16.8. The highest BCUT2D eigenvalue weighted by molar-refractivity contribution is 14.0. The molecule has 0 radical (unpaired) electrons. The summed E-state index contributed by atoms with van der Waals surface area (Å²) in [6.45, 7) is 6.07. The van der Waals surface area contributed by atoms with Crippen molar-refractivity contribution in [2.45, 2.75) is 25.0 Å². The molecule has 5 rings (SSSR count). The Morgan fingerprint density at radius 1 is 1.40 bits per heavy atom. The summed E-state index contributed by atoms with van der Waals surface area (Å²) in [6, 6.07) is 7.96. The molecular weight excluding hydrogens is 427 g/mol. The van der Waals surface area contributed by atoms with Crippen LogP contribution in [0.3, 0.4) is 0 Å². The molecule has 134 valence electrons. The predicted octanol–water partition coefficient (Wildman–Crippen LogP) is 3.79. The Kier molecular flexibility index (Phi) is 5.65. The number of halogens is 1. The highest BCUT2D eigenvalue weighted by Gasteiger charge is 2.42. The average Bonchev–Trinajstić information content (AvgIpc) is 2.66. The Labute approximate surface area is 165 Å². The minimum absolute atomic E-state index is 0. The Balaban J connectivity index is 0.00000182. The molecule has 3 fully saturated rings. The van der Waals surface area contributed by atoms with Crippen LogP contribution in [0.15, 0.2) is 43.1 Å². The predicted molar refractivity (Wildman–Crippen MR) is 110 cm³/mol. The molecule has 0 amide bonds. The van der Waals surface area contributed by atoms with Crippen molar-refractivity contribution < 1.29 is 9.84 Å². The summed E-state index contributed by atoms with van der Waals surface area (Å²) in [5.74, 6) is 2.01. The second kappa shape index (κ2) is 7.60. The van der Waals surface area contributed by atoms with Crippen LogP contribution in [0.25, 0.3) is 10.9 Å². The highest BCUT2D eigenvalue weighted by atomic mass is 127. The third-order valence-electron chi connectivity index (χ3n) is 5.82. The van der Waals surface area contributed by atoms with Crippen LogP contribution in [0, 0.1) is 11.8 Å². The van der Waals surface area contributed by atoms with Gasteiger partial charge in [-0.05, 0) is 61.1 Å². The molecule has 4 nitrogen and oxygen atoms in total. The van der Waals surface area contributed by atoms with Crippen molar-refractivity contribution in [3.8, 4) is 5.75 Å². The van der Waals surface area contributed by atoms with E-state index < -0.39 is 6.10 Å². The first-order valence-corrected chi connectivity index (χ1v) is 8.68. The van der Waals surface area contributed by atoms with Gasteiger partial charge in [-0.1, -0.05) is 6.08 Å². The van der Waals surface area contributed by atoms with Crippen LogP contribution in [0.4, 0.5) is 0 Å². The fraction of sp³-hybridized carbons (Fsp3) is 0.450. The fourth-order valence-electron chi connectivity index (χ4n) is 4.44. The lowest BCUT2D eigenvalue weighted by molar-refractivity contribution is -0.0444. The molecule has 5 heteroatoms. The van der Waals surface area contributed by atoms with Crippen LogP contribution >= 0.6 is 24.0 Å². The normalized spacial score (nSPS) is 29.0. The zero-order valence-electron chi connectivity index (χ0n) is 14.5. The highest BCUT2D eigenvalue weighted by Crippen LogP contribution is 2.42. The maximum absolute atomic E-state index is 11.2. The average molecular weight is 452 g/mol. The minimum Gasteiger partial charge on any atom is -0.497 e. The van der Waals surface area contributed by atoms with E-state index in [0.717, 1.165) is 41.7 Å². The Hall–Kier alpha value is -1.18. The molecule has 2 unspecified atom stereocenters. The van der Waals surface area contributed by atoms with Crippen LogP contribution < -0.4 is 4.74 Å². The van der Waals surface area contributed by atoms with E-state index in [9.17, 15) is 5.11 Å². The number of nitrogens with zero attached hydrogens (tertiary/aromatic N) is 2. The summed E-state index contributed by atoms with van der Waals surface area (Å²) >= 11 is 0. The number of aliphatic hydroxyl groups is 1. The molecule has 3 aliphatic rings. The number of aromatic nitrogens is 1. The SMILES string of the molecule is C=C[C@@H]1CN2CCC1C[C@@H]2[C@H](O)c1ccnc2ccc(OC)cc12.I. The van der Waals surface area contributed by atoms with Crippen molar-refractivity contribution in [1.82, 2.24) is 9.88 Å². The molecule has 0 aliphatic carbocycles. The second-order valence-corrected chi connectivity index (χ2v) is 6.97. The molecule has 3 saturated heterocycles. The van der Waals surface area contributed by atoms with Crippen molar-refractivity contribution in [2.24, 2.45) is 11.8 Å². The molecule has 25 heavy (non-hydrogen) atoms. The number of benzene rings is 1. The zero-order chi connectivity index (χ0) is 16.7. The maximum atomic E-state index is 11.2. The van der Waals surface area contributed by atoms with Gasteiger partial charge in [-0.15, -0.1) is 30.6 Å². The summed E-state index contributed by atoms with van der Waals surface area (Å²) < 4.78 is 5.35. The second-order valence-electron chi connectivity index (χ2n) is 6.97. The molecule has 5 atom stereocenters. The lowest BCUT2D eigenvalue weighted by Gasteiger charge is -2.50. The first-order chi connectivity index (χ1) is 11.7. The standard InChI is InChI=1S/C20H24N2O2.HI/c1-3-13-12-22-9-7-14(13)10-19(22)20(23)16-6-8-21-18-5-4-15(24-2)11-17(16)18;/h3-6,8,11,13-14,19-20,23H,1,7,9-10,12H2,2H3;1H/t13-,14?,19-,20-;/m1./s1. The van der Waals surface area contributed by atoms with E-state index >= 15 is 0 Å². The van der Waals surface area contributed by atoms with Gasteiger partial charge in [0.05, 0.1) is 18.7 Å². The summed E-state index contributed by atoms with van der Waals surface area (Å²) in [4.78, 5) is 6.86. The van der Waals surface area contributed by atoms with E-state index in [1.807, 2.05) is 24.3 Å². The van der Waals surface area contributed by atoms with Gasteiger partial charge in [0, 0.05) is 24.2 Å². The molecule has 3 aliphatic heterocycles. The first-order valence-electron chi connectivity index (χ1n) is 8.68. The van der Waals surface area contributed by atoms with Gasteiger partial charge in [0.15, 0.2) is 0 Å². The largest absolute Gasteiger partial charge is 0.497 e. The van der Waals surface area contributed by atoms with E-state index in [1.165, 1.54) is 6.42 Å². The number of pyridine rings is 1. The third-order valence-corrected chi connectivity index (χ3v) is 5.82. The first kappa shape index (κ1) is 18.6. The number of ether oxygens (including phenoxy) is 1. The number of aliphatic hydroxyl groups excluding tert-OH is 1. The molecular formula is C20H25IN2O2. The van der Waals surface area contributed by atoms with Gasteiger partial charge in [-0.3, -0.25) is 9.88 Å². The topological polar surface area (TPSA) is 45.6 Å². The van der Waals surface area contributed by atoms with Crippen molar-refractivity contribution in [1.29, 1.82) is 0 Å². The van der Waals surface area contributed by atoms with Crippen molar-refractivity contribution in [2.75, 3.05) is 20.2 Å². The van der Waals surface area contributed by atoms with Crippen molar-refractivity contribution in [3.63, 3.8) is 0 Å². The smallest absolute Gasteiger partial charge is 0.119 e. The summed E-state index contributed by atoms with van der Waals surface area (Å²) in [5.41, 5.74) is 1.85. The van der Waals surface area contributed by atoms with Gasteiger partial charge in [-0.25, -0.2) is 0 Å². The molecule has 1 aromatic heterocycles. The van der Waals surface area contributed by atoms with Crippen LogP contribution in [-0.2, 0) is 0 Å². The van der Waals surface area contributed by atoms with E-state index in [4.69, 9.17) is 4.74 Å². The van der Waals surface area contributed by atoms with E-state index in [-0.39, 0.29) is 30.0 Å². The van der Waals surface area contributed by atoms with Gasteiger partial charge in [0.1, 0.15) is 5.75 Å². The lowest BCUT2D eigenvalue weighted by Crippen LogP contribution is -2.54. The number of rotatable bonds is 4. The summed E-state index contributed by atoms with van der Waals surface area (Å²) in [6.07, 6.45) is 5.62. The monoisotopic (exact) mass is 452 g/mol. The van der Waals surface area contributed by atoms with Gasteiger partial charge in [0.25, 0.3) is 0 Å². The van der Waals surface area contributed by atoms with Crippen LogP contribution in [0.2, 0.25) is 0 Å². The number of fused-ring (bicyclic) bond motifs is 4. The van der Waals surface area contributed by atoms with Gasteiger partial charge in [-0.2, -0.15) is 0 Å². The third kappa shape index (κ3) is 3.29. The molecule has 1 N–H and O–H groups in total. The minimum atomic E-state index is -0.504. The lowest BCUT2D eigenvalue weighted by atomic mass is 9.73. The van der Waals surface area contributed by atoms with E-state index in [2.05, 4.69) is 22.5 Å². The number of methoxy groups -OCH3 is 1. The summed E-state index contributed by atoms with van der Waals surface area (Å²) in [7, 11) is 1.66. The Morgan fingerprint density at radius 3 is 2.92 bits per heavy atom. The molecule has 0 saturated carbocycles. The number of hydrogen-bond acceptors (Lipinski definition) is 4. The Morgan fingerprint density at radius 2 is 2.24 bits per heavy atom. The van der Waals surface area contributed by atoms with E-state index in [0.29, 0.717) is 11.8 Å². The molecule has 1 aromatic carbocycles. The number of hydrogen-bond donors (Lipinski definition) is 1. The maximum Gasteiger partial charge on any atom is 0.119 e. The summed E-state index contributed by atoms with van der Waals surface area (Å²) in [5, 5.41) is 12.1. The van der Waals surface area contributed by atoms with E-state index in [1.54, 1.807) is 13.3 Å². The molecule has 4 heterocycles. The quantitative estimate of drug-likeness (QED) is 0.567. The number of piperidine rings is 3. The Bertz CT molecular complexity index is 766. The van der Waals surface area contributed by atoms with Gasteiger partial charge in [0.2, 0.25) is 0 Å².